The van der Waals surface area contributed by atoms with E-state index in [0.717, 1.165) is 31.9 Å². The quantitative estimate of drug-likeness (QED) is 0.905. The number of piperidine rings is 1. The van der Waals surface area contributed by atoms with E-state index in [1.165, 1.54) is 12.0 Å². The fourth-order valence-corrected chi connectivity index (χ4v) is 2.74. The third kappa shape index (κ3) is 3.71. The van der Waals surface area contributed by atoms with Crippen LogP contribution in [0.25, 0.3) is 0 Å². The van der Waals surface area contributed by atoms with Gasteiger partial charge in [0.1, 0.15) is 5.82 Å². The highest BCUT2D eigenvalue weighted by molar-refractivity contribution is 5.36. The molecule has 2 aromatic heterocycles. The predicted octanol–water partition coefficient (Wildman–Crippen LogP) is 1.64. The summed E-state index contributed by atoms with van der Waals surface area (Å²) in [6.07, 6.45) is 9.40. The highest BCUT2D eigenvalue weighted by Crippen LogP contribution is 2.17. The van der Waals surface area contributed by atoms with Gasteiger partial charge in [-0.1, -0.05) is 0 Å². The van der Waals surface area contributed by atoms with Crippen molar-refractivity contribution in [1.82, 2.24) is 20.3 Å². The summed E-state index contributed by atoms with van der Waals surface area (Å²) in [5.74, 6) is 1.61. The maximum absolute atomic E-state index is 5.16. The molecule has 6 nitrogen and oxygen atoms in total. The van der Waals surface area contributed by atoms with Gasteiger partial charge in [-0.25, -0.2) is 9.97 Å². The Hall–Kier alpha value is -2.21. The third-order valence-corrected chi connectivity index (χ3v) is 3.90. The lowest BCUT2D eigenvalue weighted by atomic mass is 10.1. The molecule has 6 heteroatoms. The molecule has 1 aliphatic heterocycles. The van der Waals surface area contributed by atoms with Gasteiger partial charge in [-0.3, -0.25) is 4.98 Å². The molecule has 1 unspecified atom stereocenters. The minimum atomic E-state index is 0.454. The Balaban J connectivity index is 1.56. The highest BCUT2D eigenvalue weighted by Gasteiger charge is 2.20. The number of ether oxygens (including phenoxy) is 1. The molecule has 1 N–H and O–H groups in total. The van der Waals surface area contributed by atoms with Gasteiger partial charge in [0.2, 0.25) is 5.88 Å². The van der Waals surface area contributed by atoms with E-state index in [1.807, 2.05) is 18.3 Å². The van der Waals surface area contributed by atoms with Crippen molar-refractivity contribution in [3.63, 3.8) is 0 Å². The average Bonchev–Trinajstić information content (AvgIpc) is 2.61. The van der Waals surface area contributed by atoms with Crippen molar-refractivity contribution in [2.45, 2.75) is 25.4 Å². The Labute approximate surface area is 130 Å². The maximum Gasteiger partial charge on any atom is 0.213 e. The number of nitrogens with zero attached hydrogens (tertiary/aromatic N) is 4. The molecule has 3 rings (SSSR count). The first-order valence-corrected chi connectivity index (χ1v) is 7.58. The van der Waals surface area contributed by atoms with Crippen LogP contribution in [0, 0.1) is 0 Å². The molecule has 0 aromatic carbocycles. The molecule has 2 aromatic rings. The predicted molar refractivity (Wildman–Crippen MR) is 84.9 cm³/mol. The largest absolute Gasteiger partial charge is 0.481 e. The van der Waals surface area contributed by atoms with E-state index in [2.05, 4.69) is 25.2 Å². The van der Waals surface area contributed by atoms with Crippen molar-refractivity contribution in [3.05, 3.63) is 42.5 Å². The smallest absolute Gasteiger partial charge is 0.213 e. The zero-order valence-electron chi connectivity index (χ0n) is 12.8. The van der Waals surface area contributed by atoms with Crippen LogP contribution in [0.1, 0.15) is 18.4 Å². The number of hydrogen-bond acceptors (Lipinski definition) is 6. The number of aromatic nitrogens is 3. The van der Waals surface area contributed by atoms with Crippen LogP contribution in [0.15, 0.2) is 36.9 Å². The Morgan fingerprint density at radius 2 is 2.27 bits per heavy atom. The van der Waals surface area contributed by atoms with E-state index in [-0.39, 0.29) is 0 Å². The molecule has 0 saturated carbocycles. The minimum Gasteiger partial charge on any atom is -0.481 e. The molecule has 1 fully saturated rings. The van der Waals surface area contributed by atoms with Crippen molar-refractivity contribution in [1.29, 1.82) is 0 Å². The van der Waals surface area contributed by atoms with Crippen LogP contribution < -0.4 is 15.0 Å². The number of anilines is 1. The molecule has 3 heterocycles. The first-order chi connectivity index (χ1) is 10.8. The molecule has 0 bridgehead atoms. The molecule has 1 aliphatic rings. The molecule has 0 spiro atoms. The third-order valence-electron chi connectivity index (χ3n) is 3.90. The van der Waals surface area contributed by atoms with Gasteiger partial charge in [-0.05, 0) is 24.5 Å². The van der Waals surface area contributed by atoms with Gasteiger partial charge in [0, 0.05) is 50.3 Å². The van der Waals surface area contributed by atoms with Crippen molar-refractivity contribution in [3.8, 4) is 5.88 Å². The molecular formula is C16H21N5O. The first-order valence-electron chi connectivity index (χ1n) is 7.58. The molecular weight excluding hydrogens is 278 g/mol. The fraction of sp³-hybridized carbons (Fsp3) is 0.438. The average molecular weight is 299 g/mol. The van der Waals surface area contributed by atoms with E-state index < -0.39 is 0 Å². The van der Waals surface area contributed by atoms with Gasteiger partial charge in [-0.2, -0.15) is 0 Å². The molecule has 22 heavy (non-hydrogen) atoms. The second-order valence-corrected chi connectivity index (χ2v) is 5.44. The molecule has 0 amide bonds. The van der Waals surface area contributed by atoms with Crippen molar-refractivity contribution in [2.75, 3.05) is 25.1 Å². The van der Waals surface area contributed by atoms with Crippen LogP contribution in [-0.2, 0) is 6.54 Å². The summed E-state index contributed by atoms with van der Waals surface area (Å²) in [6.45, 7) is 2.82. The lowest BCUT2D eigenvalue weighted by molar-refractivity contribution is 0.395. The topological polar surface area (TPSA) is 63.2 Å². The van der Waals surface area contributed by atoms with Gasteiger partial charge < -0.3 is 15.0 Å². The van der Waals surface area contributed by atoms with E-state index >= 15 is 0 Å². The Kier molecular flexibility index (Phi) is 4.80. The second-order valence-electron chi connectivity index (χ2n) is 5.44. The van der Waals surface area contributed by atoms with Crippen LogP contribution in [0.3, 0.4) is 0 Å². The lowest BCUT2D eigenvalue weighted by Gasteiger charge is -2.33. The Morgan fingerprint density at radius 1 is 1.32 bits per heavy atom. The summed E-state index contributed by atoms with van der Waals surface area (Å²) in [5.41, 5.74) is 1.18. The maximum atomic E-state index is 5.16. The van der Waals surface area contributed by atoms with Gasteiger partial charge in [-0.15, -0.1) is 0 Å². The second kappa shape index (κ2) is 7.17. The summed E-state index contributed by atoms with van der Waals surface area (Å²) in [7, 11) is 1.64. The molecule has 1 saturated heterocycles. The lowest BCUT2D eigenvalue weighted by Crippen LogP contribution is -2.45. The summed E-state index contributed by atoms with van der Waals surface area (Å²) in [6, 6.07) is 4.43. The highest BCUT2D eigenvalue weighted by atomic mass is 16.5. The van der Waals surface area contributed by atoms with Crippen LogP contribution in [0.4, 0.5) is 5.82 Å². The zero-order chi connectivity index (χ0) is 15.2. The molecule has 116 valence electrons. The van der Waals surface area contributed by atoms with Crippen LogP contribution in [0.5, 0.6) is 5.88 Å². The van der Waals surface area contributed by atoms with Gasteiger partial charge in [0.25, 0.3) is 0 Å². The SMILES string of the molecule is COc1cc(CNC2CCCN(c3cnccn3)C2)ccn1. The minimum absolute atomic E-state index is 0.454. The summed E-state index contributed by atoms with van der Waals surface area (Å²) < 4.78 is 5.16. The van der Waals surface area contributed by atoms with Gasteiger partial charge in [0.15, 0.2) is 0 Å². The van der Waals surface area contributed by atoms with E-state index in [4.69, 9.17) is 4.74 Å². The number of pyridine rings is 1. The summed E-state index contributed by atoms with van der Waals surface area (Å²) in [4.78, 5) is 15.0. The van der Waals surface area contributed by atoms with E-state index in [0.29, 0.717) is 11.9 Å². The summed E-state index contributed by atoms with van der Waals surface area (Å²) in [5, 5.41) is 3.62. The number of rotatable bonds is 5. The molecule has 1 atom stereocenters. The van der Waals surface area contributed by atoms with Crippen molar-refractivity contribution >= 4 is 5.82 Å². The van der Waals surface area contributed by atoms with Gasteiger partial charge in [0.05, 0.1) is 13.3 Å². The van der Waals surface area contributed by atoms with E-state index in [1.54, 1.807) is 25.7 Å². The standard InChI is InChI=1S/C16H21N5O/c1-22-16-9-13(4-5-19-16)10-20-14-3-2-8-21(12-14)15-11-17-6-7-18-15/h4-7,9,11,14,20H,2-3,8,10,12H2,1H3. The monoisotopic (exact) mass is 299 g/mol. The molecule has 0 aliphatic carbocycles. The van der Waals surface area contributed by atoms with Crippen molar-refractivity contribution < 1.29 is 4.74 Å². The van der Waals surface area contributed by atoms with Crippen LogP contribution in [0.2, 0.25) is 0 Å². The van der Waals surface area contributed by atoms with Crippen LogP contribution in [-0.4, -0.2) is 41.2 Å². The van der Waals surface area contributed by atoms with Gasteiger partial charge >= 0.3 is 0 Å². The number of hydrogen-bond donors (Lipinski definition) is 1. The van der Waals surface area contributed by atoms with Crippen molar-refractivity contribution in [2.24, 2.45) is 0 Å². The summed E-state index contributed by atoms with van der Waals surface area (Å²) >= 11 is 0. The number of nitrogens with one attached hydrogen (secondary N) is 1. The molecule has 0 radical (unpaired) electrons. The fourth-order valence-electron chi connectivity index (χ4n) is 2.74. The zero-order valence-corrected chi connectivity index (χ0v) is 12.8. The first kappa shape index (κ1) is 14.7. The Bertz CT molecular complexity index is 592. The normalized spacial score (nSPS) is 18.2. The number of methoxy groups -OCH3 is 1. The Morgan fingerprint density at radius 3 is 3.09 bits per heavy atom. The van der Waals surface area contributed by atoms with Crippen LogP contribution >= 0.6 is 0 Å². The van der Waals surface area contributed by atoms with E-state index in [9.17, 15) is 0 Å².